The Labute approximate surface area is 217 Å². The second-order valence-electron chi connectivity index (χ2n) is 9.06. The van der Waals surface area contributed by atoms with E-state index in [0.717, 1.165) is 16.7 Å². The molecule has 1 aromatic heterocycles. The molecule has 2 heterocycles. The topological polar surface area (TPSA) is 98.5 Å². The number of aryl methyl sites for hydroxylation is 2. The first kappa shape index (κ1) is 26.7. The van der Waals surface area contributed by atoms with Crippen LogP contribution >= 0.6 is 0 Å². The van der Waals surface area contributed by atoms with Gasteiger partial charge in [-0.15, -0.1) is 0 Å². The second kappa shape index (κ2) is 11.4. The largest absolute Gasteiger partial charge is 0.493 e. The minimum atomic E-state index is -3.68. The molecule has 9 nitrogen and oxygen atoms in total. The molecule has 0 radical (unpaired) electrons. The summed E-state index contributed by atoms with van der Waals surface area (Å²) >= 11 is 0. The molecule has 0 aliphatic carbocycles. The molecule has 198 valence electrons. The summed E-state index contributed by atoms with van der Waals surface area (Å²) in [5.41, 5.74) is 3.01. The fraction of sp³-hybridized carbons (Fsp3) is 0.370. The van der Waals surface area contributed by atoms with Crippen molar-refractivity contribution in [2.45, 2.75) is 31.9 Å². The molecule has 1 aliphatic rings. The van der Waals surface area contributed by atoms with Gasteiger partial charge in [0, 0.05) is 38.3 Å². The van der Waals surface area contributed by atoms with E-state index in [9.17, 15) is 13.2 Å². The first-order chi connectivity index (χ1) is 17.7. The van der Waals surface area contributed by atoms with Gasteiger partial charge in [-0.1, -0.05) is 29.3 Å². The van der Waals surface area contributed by atoms with Crippen molar-refractivity contribution in [3.63, 3.8) is 0 Å². The highest BCUT2D eigenvalue weighted by Gasteiger charge is 2.29. The quantitative estimate of drug-likeness (QED) is 0.417. The van der Waals surface area contributed by atoms with Crippen LogP contribution in [-0.2, 0) is 23.2 Å². The maximum Gasteiger partial charge on any atom is 0.243 e. The maximum atomic E-state index is 13.1. The third kappa shape index (κ3) is 6.33. The van der Waals surface area contributed by atoms with Gasteiger partial charge < -0.3 is 18.6 Å². The lowest BCUT2D eigenvalue weighted by molar-refractivity contribution is 0.169. The summed E-state index contributed by atoms with van der Waals surface area (Å²) in [7, 11) is -0.714. The van der Waals surface area contributed by atoms with Crippen LogP contribution in [0.1, 0.15) is 22.5 Å². The molecule has 37 heavy (non-hydrogen) atoms. The van der Waals surface area contributed by atoms with Gasteiger partial charge in [-0.05, 0) is 31.5 Å². The lowest BCUT2D eigenvalue weighted by Gasteiger charge is -2.33. The summed E-state index contributed by atoms with van der Waals surface area (Å²) in [5, 5.41) is 0. The Balaban J connectivity index is 1.34. The van der Waals surface area contributed by atoms with Gasteiger partial charge in [0.25, 0.3) is 0 Å². The molecule has 0 amide bonds. The highest BCUT2D eigenvalue weighted by molar-refractivity contribution is 7.89. The Hall–Kier alpha value is -3.34. The van der Waals surface area contributed by atoms with Crippen molar-refractivity contribution in [1.29, 1.82) is 0 Å². The SMILES string of the molecule is COc1ccc(S(=O)(=O)N2CCN(Cc3cc(=O)c(OCc4cc(C)cc(C)c4)co3)CC2)cc1OC. The Morgan fingerprint density at radius 1 is 0.865 bits per heavy atom. The van der Waals surface area contributed by atoms with Crippen molar-refractivity contribution in [2.75, 3.05) is 40.4 Å². The Morgan fingerprint density at radius 2 is 1.54 bits per heavy atom. The van der Waals surface area contributed by atoms with Crippen molar-refractivity contribution in [3.05, 3.63) is 81.4 Å². The van der Waals surface area contributed by atoms with Gasteiger partial charge in [-0.2, -0.15) is 4.31 Å². The number of hydrogen-bond donors (Lipinski definition) is 0. The first-order valence-electron chi connectivity index (χ1n) is 12.0. The maximum absolute atomic E-state index is 13.1. The standard InChI is InChI=1S/C27H32N2O7S/c1-19-11-20(2)13-21(12-19)17-36-27-18-35-22(14-24(27)30)16-28-7-9-29(10-8-28)37(31,32)23-5-6-25(33-3)26(15-23)34-4/h5-6,11-15,18H,7-10,16-17H2,1-4H3. The summed E-state index contributed by atoms with van der Waals surface area (Å²) in [6, 6.07) is 12.1. The zero-order valence-corrected chi connectivity index (χ0v) is 22.3. The fourth-order valence-electron chi connectivity index (χ4n) is 4.41. The van der Waals surface area contributed by atoms with Crippen LogP contribution < -0.4 is 19.6 Å². The van der Waals surface area contributed by atoms with Crippen LogP contribution in [0.15, 0.2) is 62.8 Å². The first-order valence-corrected chi connectivity index (χ1v) is 13.4. The molecular formula is C27H32N2O7S. The number of piperazine rings is 1. The van der Waals surface area contributed by atoms with Gasteiger partial charge in [0.15, 0.2) is 11.5 Å². The van der Waals surface area contributed by atoms with E-state index in [1.807, 2.05) is 26.0 Å². The zero-order valence-electron chi connectivity index (χ0n) is 21.5. The highest BCUT2D eigenvalue weighted by Crippen LogP contribution is 2.31. The van der Waals surface area contributed by atoms with E-state index >= 15 is 0 Å². The molecule has 1 aliphatic heterocycles. The smallest absolute Gasteiger partial charge is 0.243 e. The summed E-state index contributed by atoms with van der Waals surface area (Å²) in [4.78, 5) is 14.8. The lowest BCUT2D eigenvalue weighted by Crippen LogP contribution is -2.48. The van der Waals surface area contributed by atoms with Gasteiger partial charge in [-0.25, -0.2) is 8.42 Å². The summed E-state index contributed by atoms with van der Waals surface area (Å²) in [6.45, 7) is 6.36. The average molecular weight is 529 g/mol. The van der Waals surface area contributed by atoms with Gasteiger partial charge in [-0.3, -0.25) is 9.69 Å². The molecule has 1 saturated heterocycles. The number of methoxy groups -OCH3 is 2. The Morgan fingerprint density at radius 3 is 2.16 bits per heavy atom. The van der Waals surface area contributed by atoms with Crippen molar-refractivity contribution in [1.82, 2.24) is 9.21 Å². The van der Waals surface area contributed by atoms with E-state index in [2.05, 4.69) is 11.0 Å². The van der Waals surface area contributed by atoms with E-state index in [-0.39, 0.29) is 22.7 Å². The number of hydrogen-bond acceptors (Lipinski definition) is 8. The molecule has 3 aromatic rings. The molecule has 4 rings (SSSR count). The van der Waals surface area contributed by atoms with E-state index in [1.54, 1.807) is 6.07 Å². The number of benzene rings is 2. The molecule has 1 fully saturated rings. The van der Waals surface area contributed by atoms with Crippen LogP contribution in [0.25, 0.3) is 0 Å². The van der Waals surface area contributed by atoms with Crippen LogP contribution in [0.2, 0.25) is 0 Å². The monoisotopic (exact) mass is 528 g/mol. The molecule has 0 spiro atoms. The number of rotatable bonds is 9. The van der Waals surface area contributed by atoms with Gasteiger partial charge in [0.1, 0.15) is 18.6 Å². The Bertz CT molecular complexity index is 1390. The Kier molecular flexibility index (Phi) is 8.21. The normalized spacial score (nSPS) is 14.9. The molecule has 0 atom stereocenters. The van der Waals surface area contributed by atoms with Crippen LogP contribution in [0.3, 0.4) is 0 Å². The minimum absolute atomic E-state index is 0.154. The van der Waals surface area contributed by atoms with Crippen molar-refractivity contribution in [2.24, 2.45) is 0 Å². The lowest BCUT2D eigenvalue weighted by atomic mass is 10.1. The van der Waals surface area contributed by atoms with E-state index < -0.39 is 10.0 Å². The van der Waals surface area contributed by atoms with Gasteiger partial charge in [0.05, 0.1) is 25.7 Å². The third-order valence-electron chi connectivity index (χ3n) is 6.23. The predicted molar refractivity (Wildman–Crippen MR) is 139 cm³/mol. The van der Waals surface area contributed by atoms with E-state index in [0.29, 0.717) is 50.0 Å². The van der Waals surface area contributed by atoms with Gasteiger partial charge >= 0.3 is 0 Å². The van der Waals surface area contributed by atoms with Crippen molar-refractivity contribution >= 4 is 10.0 Å². The van der Waals surface area contributed by atoms with Crippen molar-refractivity contribution in [3.8, 4) is 17.2 Å². The van der Waals surface area contributed by atoms with Crippen LogP contribution in [-0.4, -0.2) is 58.0 Å². The average Bonchev–Trinajstić information content (AvgIpc) is 2.87. The van der Waals surface area contributed by atoms with Crippen LogP contribution in [0, 0.1) is 13.8 Å². The van der Waals surface area contributed by atoms with Gasteiger partial charge in [0.2, 0.25) is 21.2 Å². The molecule has 0 unspecified atom stereocenters. The summed E-state index contributed by atoms with van der Waals surface area (Å²) in [5.74, 6) is 1.49. The zero-order chi connectivity index (χ0) is 26.6. The molecule has 2 aromatic carbocycles. The molecule has 10 heteroatoms. The minimum Gasteiger partial charge on any atom is -0.493 e. The predicted octanol–water partition coefficient (Wildman–Crippen LogP) is 3.36. The molecular weight excluding hydrogens is 496 g/mol. The number of nitrogens with zero attached hydrogens (tertiary/aromatic N) is 2. The highest BCUT2D eigenvalue weighted by atomic mass is 32.2. The fourth-order valence-corrected chi connectivity index (χ4v) is 5.85. The number of sulfonamides is 1. The van der Waals surface area contributed by atoms with Crippen LogP contribution in [0.5, 0.6) is 17.2 Å². The second-order valence-corrected chi connectivity index (χ2v) is 11.0. The van der Waals surface area contributed by atoms with E-state index in [1.165, 1.54) is 43.0 Å². The molecule has 0 bridgehead atoms. The number of ether oxygens (including phenoxy) is 3. The summed E-state index contributed by atoms with van der Waals surface area (Å²) < 4.78 is 49.5. The summed E-state index contributed by atoms with van der Waals surface area (Å²) in [6.07, 6.45) is 1.35. The van der Waals surface area contributed by atoms with Crippen molar-refractivity contribution < 1.29 is 27.0 Å². The third-order valence-corrected chi connectivity index (χ3v) is 8.13. The van der Waals surface area contributed by atoms with E-state index in [4.69, 9.17) is 18.6 Å². The molecule has 0 saturated carbocycles. The molecule has 0 N–H and O–H groups in total. The van der Waals surface area contributed by atoms with Crippen LogP contribution in [0.4, 0.5) is 0 Å².